The number of hydrogen-bond donors (Lipinski definition) is 1. The molecule has 4 aromatic rings. The van der Waals surface area contributed by atoms with E-state index in [1.165, 1.54) is 6.07 Å². The van der Waals surface area contributed by atoms with E-state index in [0.29, 0.717) is 30.2 Å². The van der Waals surface area contributed by atoms with Gasteiger partial charge in [0.2, 0.25) is 5.95 Å². The van der Waals surface area contributed by atoms with Crippen LogP contribution in [-0.2, 0) is 20.0 Å². The highest BCUT2D eigenvalue weighted by Gasteiger charge is 2.20. The summed E-state index contributed by atoms with van der Waals surface area (Å²) in [5.41, 5.74) is 4.80. The lowest BCUT2D eigenvalue weighted by Gasteiger charge is -2.12. The van der Waals surface area contributed by atoms with Crippen LogP contribution in [-0.4, -0.2) is 30.8 Å². The van der Waals surface area contributed by atoms with Gasteiger partial charge in [0.05, 0.1) is 18.5 Å². The highest BCUT2D eigenvalue weighted by atomic mass is 19.1. The van der Waals surface area contributed by atoms with Gasteiger partial charge in [0.25, 0.3) is 0 Å². The number of fused-ring (bicyclic) bond motifs is 2. The number of aromatic nitrogens is 5. The van der Waals surface area contributed by atoms with E-state index >= 15 is 0 Å². The summed E-state index contributed by atoms with van der Waals surface area (Å²) in [4.78, 5) is 8.97. The summed E-state index contributed by atoms with van der Waals surface area (Å²) in [7, 11) is 1.85. The molecule has 0 saturated heterocycles. The topological polar surface area (TPSA) is 93.1 Å². The second kappa shape index (κ2) is 6.84. The standard InChI is InChI=1S/C21H18FN7O/c1-12-17(11-28(2)27-12)16-9-25-21(29-10-13(7-23)26-20(16)29)24-8-15-14-5-6-30-19(14)4-3-18(15)22/h3-4,9-11H,5-6,8H2,1-2H3,(H,24,25). The van der Waals surface area contributed by atoms with E-state index < -0.39 is 0 Å². The van der Waals surface area contributed by atoms with Crippen molar-refractivity contribution < 1.29 is 9.13 Å². The van der Waals surface area contributed by atoms with Crippen molar-refractivity contribution in [1.82, 2.24) is 24.1 Å². The molecule has 0 bridgehead atoms. The molecule has 1 aliphatic heterocycles. The van der Waals surface area contributed by atoms with Crippen molar-refractivity contribution in [3.05, 3.63) is 59.1 Å². The number of ether oxygens (including phenoxy) is 1. The maximum atomic E-state index is 14.5. The van der Waals surface area contributed by atoms with Crippen LogP contribution in [0.4, 0.5) is 10.3 Å². The van der Waals surface area contributed by atoms with Gasteiger partial charge in [-0.2, -0.15) is 10.4 Å². The molecule has 0 unspecified atom stereocenters. The molecule has 0 amide bonds. The van der Waals surface area contributed by atoms with Gasteiger partial charge in [-0.05, 0) is 19.1 Å². The van der Waals surface area contributed by atoms with Gasteiger partial charge in [-0.15, -0.1) is 0 Å². The fraction of sp³-hybridized carbons (Fsp3) is 0.238. The predicted molar refractivity (Wildman–Crippen MR) is 108 cm³/mol. The molecule has 5 rings (SSSR count). The molecule has 9 heteroatoms. The fourth-order valence-corrected chi connectivity index (χ4v) is 3.89. The van der Waals surface area contributed by atoms with Crippen LogP contribution in [0.5, 0.6) is 5.75 Å². The smallest absolute Gasteiger partial charge is 0.208 e. The van der Waals surface area contributed by atoms with Gasteiger partial charge in [0.1, 0.15) is 17.6 Å². The molecule has 8 nitrogen and oxygen atoms in total. The summed E-state index contributed by atoms with van der Waals surface area (Å²) in [6.07, 6.45) is 5.89. The normalized spacial score (nSPS) is 12.6. The zero-order valence-electron chi connectivity index (χ0n) is 16.5. The van der Waals surface area contributed by atoms with Crippen molar-refractivity contribution in [1.29, 1.82) is 5.26 Å². The zero-order valence-corrected chi connectivity index (χ0v) is 16.5. The summed E-state index contributed by atoms with van der Waals surface area (Å²) < 4.78 is 23.5. The fourth-order valence-electron chi connectivity index (χ4n) is 3.89. The highest BCUT2D eigenvalue weighted by Crippen LogP contribution is 2.31. The number of aryl methyl sites for hydroxylation is 2. The first-order valence-corrected chi connectivity index (χ1v) is 9.51. The third-order valence-corrected chi connectivity index (χ3v) is 5.27. The number of anilines is 1. The van der Waals surface area contributed by atoms with Gasteiger partial charge >= 0.3 is 0 Å². The van der Waals surface area contributed by atoms with Crippen LogP contribution in [0, 0.1) is 24.1 Å². The second-order valence-electron chi connectivity index (χ2n) is 7.18. The Balaban J connectivity index is 1.56. The lowest BCUT2D eigenvalue weighted by Crippen LogP contribution is -2.09. The van der Waals surface area contributed by atoms with E-state index in [0.717, 1.165) is 28.1 Å². The van der Waals surface area contributed by atoms with E-state index in [-0.39, 0.29) is 18.1 Å². The summed E-state index contributed by atoms with van der Waals surface area (Å²) in [6.45, 7) is 2.71. The minimum atomic E-state index is -0.283. The Hall–Kier alpha value is -3.93. The van der Waals surface area contributed by atoms with E-state index in [1.807, 2.05) is 20.2 Å². The van der Waals surface area contributed by atoms with E-state index in [9.17, 15) is 9.65 Å². The van der Waals surface area contributed by atoms with Crippen molar-refractivity contribution in [2.24, 2.45) is 7.05 Å². The van der Waals surface area contributed by atoms with Crippen LogP contribution < -0.4 is 10.1 Å². The number of benzene rings is 1. The average Bonchev–Trinajstić information content (AvgIpc) is 3.45. The summed E-state index contributed by atoms with van der Waals surface area (Å²) in [5.74, 6) is 0.914. The Morgan fingerprint density at radius 1 is 1.30 bits per heavy atom. The van der Waals surface area contributed by atoms with Crippen molar-refractivity contribution in [2.45, 2.75) is 19.9 Å². The van der Waals surface area contributed by atoms with Crippen molar-refractivity contribution in [3.63, 3.8) is 0 Å². The van der Waals surface area contributed by atoms with Crippen LogP contribution in [0.15, 0.2) is 30.7 Å². The van der Waals surface area contributed by atoms with Crippen LogP contribution in [0.1, 0.15) is 22.5 Å². The Kier molecular flexibility index (Phi) is 4.13. The summed E-state index contributed by atoms with van der Waals surface area (Å²) >= 11 is 0. The molecule has 4 heterocycles. The minimum Gasteiger partial charge on any atom is -0.493 e. The van der Waals surface area contributed by atoms with Gasteiger partial charge in [-0.3, -0.25) is 9.08 Å². The molecule has 30 heavy (non-hydrogen) atoms. The van der Waals surface area contributed by atoms with Crippen molar-refractivity contribution >= 4 is 11.6 Å². The number of nitrogens with zero attached hydrogens (tertiary/aromatic N) is 6. The molecule has 150 valence electrons. The molecular formula is C21H18FN7O. The van der Waals surface area contributed by atoms with Gasteiger partial charge < -0.3 is 10.1 Å². The summed E-state index contributed by atoms with van der Waals surface area (Å²) in [5, 5.41) is 16.9. The number of rotatable bonds is 4. The highest BCUT2D eigenvalue weighted by molar-refractivity contribution is 5.79. The lowest BCUT2D eigenvalue weighted by atomic mass is 10.0. The Morgan fingerprint density at radius 2 is 2.17 bits per heavy atom. The number of hydrogen-bond acceptors (Lipinski definition) is 6. The maximum Gasteiger partial charge on any atom is 0.208 e. The number of nitrogens with one attached hydrogen (secondary N) is 1. The molecule has 0 spiro atoms. The van der Waals surface area contributed by atoms with Crippen LogP contribution in [0.25, 0.3) is 16.8 Å². The SMILES string of the molecule is Cc1nn(C)cc1-c1cnc(NCc2c(F)ccc3c2CCO3)n2cc(C#N)nc12. The first kappa shape index (κ1) is 18.1. The molecule has 0 saturated carbocycles. The Morgan fingerprint density at radius 3 is 2.93 bits per heavy atom. The van der Waals surface area contributed by atoms with Crippen LogP contribution in [0.3, 0.4) is 0 Å². The van der Waals surface area contributed by atoms with Crippen LogP contribution in [0.2, 0.25) is 0 Å². The molecule has 0 fully saturated rings. The summed E-state index contributed by atoms with van der Waals surface area (Å²) in [6, 6.07) is 5.16. The number of halogens is 1. The monoisotopic (exact) mass is 403 g/mol. The average molecular weight is 403 g/mol. The van der Waals surface area contributed by atoms with Gasteiger partial charge in [0, 0.05) is 54.7 Å². The van der Waals surface area contributed by atoms with Crippen molar-refractivity contribution in [3.8, 4) is 22.9 Å². The minimum absolute atomic E-state index is 0.242. The third kappa shape index (κ3) is 2.85. The van der Waals surface area contributed by atoms with E-state index in [1.54, 1.807) is 27.5 Å². The molecular weight excluding hydrogens is 385 g/mol. The number of nitriles is 1. The van der Waals surface area contributed by atoms with E-state index in [4.69, 9.17) is 4.74 Å². The molecule has 1 N–H and O–H groups in total. The van der Waals surface area contributed by atoms with Crippen molar-refractivity contribution in [2.75, 3.05) is 11.9 Å². The van der Waals surface area contributed by atoms with Crippen LogP contribution >= 0.6 is 0 Å². The first-order valence-electron chi connectivity index (χ1n) is 9.51. The molecule has 0 radical (unpaired) electrons. The lowest BCUT2D eigenvalue weighted by molar-refractivity contribution is 0.356. The Labute approximate surface area is 171 Å². The molecule has 1 aliphatic rings. The second-order valence-corrected chi connectivity index (χ2v) is 7.18. The molecule has 3 aromatic heterocycles. The van der Waals surface area contributed by atoms with Gasteiger partial charge in [-0.25, -0.2) is 14.4 Å². The maximum absolute atomic E-state index is 14.5. The quantitative estimate of drug-likeness (QED) is 0.563. The number of imidazole rings is 1. The zero-order chi connectivity index (χ0) is 20.8. The van der Waals surface area contributed by atoms with Gasteiger partial charge in [0.15, 0.2) is 11.3 Å². The first-order chi connectivity index (χ1) is 14.5. The van der Waals surface area contributed by atoms with E-state index in [2.05, 4.69) is 26.5 Å². The molecule has 1 aromatic carbocycles. The molecule has 0 aliphatic carbocycles. The third-order valence-electron chi connectivity index (χ3n) is 5.27. The largest absolute Gasteiger partial charge is 0.493 e. The van der Waals surface area contributed by atoms with Gasteiger partial charge in [-0.1, -0.05) is 0 Å². The predicted octanol–water partition coefficient (Wildman–Crippen LogP) is 3.00. The Bertz CT molecular complexity index is 1330. The molecule has 0 atom stereocenters.